The highest BCUT2D eigenvalue weighted by Gasteiger charge is 2.29. The summed E-state index contributed by atoms with van der Waals surface area (Å²) in [5.41, 5.74) is 2.23. The second-order valence-corrected chi connectivity index (χ2v) is 6.59. The summed E-state index contributed by atoms with van der Waals surface area (Å²) in [5, 5.41) is 14.1. The minimum absolute atomic E-state index is 0.0204. The van der Waals surface area contributed by atoms with Crippen molar-refractivity contribution < 1.29 is 14.7 Å². The van der Waals surface area contributed by atoms with Crippen LogP contribution in [-0.4, -0.2) is 32.8 Å². The van der Waals surface area contributed by atoms with Gasteiger partial charge in [0.25, 0.3) is 5.91 Å². The fraction of sp³-hybridized carbons (Fsp3) is 0.190. The number of para-hydroxylation sites is 1. The van der Waals surface area contributed by atoms with Gasteiger partial charge in [-0.3, -0.25) is 9.69 Å². The molecule has 2 aromatic carbocycles. The van der Waals surface area contributed by atoms with Crippen molar-refractivity contribution >= 4 is 17.7 Å². The van der Waals surface area contributed by atoms with Gasteiger partial charge in [0.05, 0.1) is 5.69 Å². The van der Waals surface area contributed by atoms with Gasteiger partial charge in [-0.2, -0.15) is 0 Å². The van der Waals surface area contributed by atoms with E-state index in [4.69, 9.17) is 0 Å². The van der Waals surface area contributed by atoms with Crippen LogP contribution >= 0.6 is 0 Å². The average Bonchev–Trinajstić information content (AvgIpc) is 3.08. The van der Waals surface area contributed by atoms with E-state index in [2.05, 4.69) is 5.10 Å². The second kappa shape index (κ2) is 7.45. The normalized spacial score (nSPS) is 10.8. The van der Waals surface area contributed by atoms with Gasteiger partial charge in [0.15, 0.2) is 5.82 Å². The Labute approximate surface area is 157 Å². The predicted molar refractivity (Wildman–Crippen MR) is 104 cm³/mol. The lowest BCUT2D eigenvalue weighted by Gasteiger charge is -2.25. The number of carbonyl (C=O) groups is 2. The topological polar surface area (TPSA) is 75.4 Å². The van der Waals surface area contributed by atoms with Crippen LogP contribution in [0.4, 0.5) is 5.82 Å². The van der Waals surface area contributed by atoms with E-state index >= 15 is 0 Å². The Morgan fingerprint density at radius 1 is 1.04 bits per heavy atom. The molecule has 0 aliphatic heterocycles. The molecule has 1 aromatic heterocycles. The number of carbonyl (C=O) groups excluding carboxylic acids is 1. The Morgan fingerprint density at radius 2 is 1.67 bits per heavy atom. The number of aromatic carboxylic acids is 1. The van der Waals surface area contributed by atoms with Gasteiger partial charge in [0.1, 0.15) is 5.56 Å². The predicted octanol–water partition coefficient (Wildman–Crippen LogP) is 3.93. The molecule has 3 rings (SSSR count). The maximum Gasteiger partial charge on any atom is 0.341 e. The lowest BCUT2D eigenvalue weighted by Crippen LogP contribution is -2.38. The smallest absolute Gasteiger partial charge is 0.341 e. The van der Waals surface area contributed by atoms with Gasteiger partial charge < -0.3 is 5.11 Å². The Balaban J connectivity index is 2.09. The maximum absolute atomic E-state index is 13.1. The fourth-order valence-corrected chi connectivity index (χ4v) is 2.82. The molecule has 27 heavy (non-hydrogen) atoms. The molecular weight excluding hydrogens is 342 g/mol. The molecular formula is C21H21N3O3. The van der Waals surface area contributed by atoms with Crippen LogP contribution in [0.1, 0.15) is 40.1 Å². The van der Waals surface area contributed by atoms with Gasteiger partial charge in [-0.1, -0.05) is 35.9 Å². The molecule has 0 saturated carbocycles. The van der Waals surface area contributed by atoms with E-state index in [1.165, 1.54) is 15.8 Å². The number of benzene rings is 2. The van der Waals surface area contributed by atoms with Crippen molar-refractivity contribution in [2.24, 2.45) is 0 Å². The number of amides is 1. The third-order valence-electron chi connectivity index (χ3n) is 4.21. The number of carboxylic acids is 1. The molecule has 1 N–H and O–H groups in total. The van der Waals surface area contributed by atoms with Crippen LogP contribution in [0.2, 0.25) is 0 Å². The molecule has 0 spiro atoms. The lowest BCUT2D eigenvalue weighted by molar-refractivity contribution is 0.0697. The summed E-state index contributed by atoms with van der Waals surface area (Å²) in [5.74, 6) is -1.28. The summed E-state index contributed by atoms with van der Waals surface area (Å²) in [6.07, 6.45) is 1.44. The van der Waals surface area contributed by atoms with E-state index in [9.17, 15) is 14.7 Å². The highest BCUT2D eigenvalue weighted by molar-refractivity contribution is 6.08. The Morgan fingerprint density at radius 3 is 2.22 bits per heavy atom. The van der Waals surface area contributed by atoms with Crippen molar-refractivity contribution in [1.82, 2.24) is 9.78 Å². The van der Waals surface area contributed by atoms with E-state index in [1.54, 1.807) is 12.1 Å². The van der Waals surface area contributed by atoms with Crippen molar-refractivity contribution in [3.05, 3.63) is 77.5 Å². The summed E-state index contributed by atoms with van der Waals surface area (Å²) < 4.78 is 1.48. The number of anilines is 1. The summed E-state index contributed by atoms with van der Waals surface area (Å²) in [6, 6.07) is 16.1. The minimum atomic E-state index is -1.13. The number of rotatable bonds is 5. The first-order valence-corrected chi connectivity index (χ1v) is 8.67. The van der Waals surface area contributed by atoms with Gasteiger partial charge in [-0.05, 0) is 45.0 Å². The quantitative estimate of drug-likeness (QED) is 0.745. The van der Waals surface area contributed by atoms with Gasteiger partial charge in [0.2, 0.25) is 0 Å². The first-order valence-electron chi connectivity index (χ1n) is 8.67. The van der Waals surface area contributed by atoms with Gasteiger partial charge in [-0.25, -0.2) is 9.48 Å². The van der Waals surface area contributed by atoms with Crippen LogP contribution in [-0.2, 0) is 0 Å². The molecule has 0 fully saturated rings. The summed E-state index contributed by atoms with van der Waals surface area (Å²) in [4.78, 5) is 26.3. The van der Waals surface area contributed by atoms with E-state index < -0.39 is 5.97 Å². The third kappa shape index (κ3) is 3.74. The van der Waals surface area contributed by atoms with Crippen LogP contribution in [0.15, 0.2) is 60.8 Å². The number of hydrogen-bond donors (Lipinski definition) is 1. The largest absolute Gasteiger partial charge is 0.477 e. The third-order valence-corrected chi connectivity index (χ3v) is 4.21. The van der Waals surface area contributed by atoms with E-state index in [0.29, 0.717) is 5.56 Å². The molecule has 1 heterocycles. The highest BCUT2D eigenvalue weighted by atomic mass is 16.4. The minimum Gasteiger partial charge on any atom is -0.477 e. The van der Waals surface area contributed by atoms with Gasteiger partial charge in [0, 0.05) is 17.8 Å². The highest BCUT2D eigenvalue weighted by Crippen LogP contribution is 2.25. The Kier molecular flexibility index (Phi) is 5.07. The number of aryl methyl sites for hydroxylation is 1. The van der Waals surface area contributed by atoms with Crippen LogP contribution in [0, 0.1) is 6.92 Å². The number of aromatic nitrogens is 2. The molecule has 0 unspecified atom stereocenters. The molecule has 6 nitrogen and oxygen atoms in total. The summed E-state index contributed by atoms with van der Waals surface area (Å²) in [7, 11) is 0. The zero-order valence-corrected chi connectivity index (χ0v) is 15.5. The Bertz CT molecular complexity index is 960. The van der Waals surface area contributed by atoms with Crippen LogP contribution in [0.25, 0.3) is 5.69 Å². The fourth-order valence-electron chi connectivity index (χ4n) is 2.82. The van der Waals surface area contributed by atoms with Gasteiger partial charge in [-0.15, -0.1) is 5.10 Å². The average molecular weight is 363 g/mol. The SMILES string of the molecule is Cc1ccc(C(=O)N(c2nn(-c3ccccc3)cc2C(=O)O)C(C)C)cc1. The Hall–Kier alpha value is -3.41. The first-order chi connectivity index (χ1) is 12.9. The summed E-state index contributed by atoms with van der Waals surface area (Å²) in [6.45, 7) is 5.61. The molecule has 3 aromatic rings. The summed E-state index contributed by atoms with van der Waals surface area (Å²) >= 11 is 0. The number of nitrogens with zero attached hydrogens (tertiary/aromatic N) is 3. The maximum atomic E-state index is 13.1. The standard InChI is InChI=1S/C21H21N3O3/c1-14(2)24(20(25)16-11-9-15(3)10-12-16)19-18(21(26)27)13-23(22-19)17-7-5-4-6-8-17/h4-14H,1-3H3,(H,26,27). The van der Waals surface area contributed by atoms with Crippen LogP contribution in [0.5, 0.6) is 0 Å². The molecule has 0 radical (unpaired) electrons. The van der Waals surface area contributed by atoms with E-state index in [0.717, 1.165) is 11.3 Å². The van der Waals surface area contributed by atoms with Crippen molar-refractivity contribution in [3.63, 3.8) is 0 Å². The van der Waals surface area contributed by atoms with Crippen LogP contribution < -0.4 is 4.90 Å². The molecule has 1 amide bonds. The molecule has 0 bridgehead atoms. The van der Waals surface area contributed by atoms with Gasteiger partial charge >= 0.3 is 5.97 Å². The molecule has 138 valence electrons. The van der Waals surface area contributed by atoms with Crippen molar-refractivity contribution in [3.8, 4) is 5.69 Å². The molecule has 0 saturated heterocycles. The lowest BCUT2D eigenvalue weighted by atomic mass is 10.1. The molecule has 0 atom stereocenters. The molecule has 0 aliphatic rings. The van der Waals surface area contributed by atoms with Crippen molar-refractivity contribution in [1.29, 1.82) is 0 Å². The second-order valence-electron chi connectivity index (χ2n) is 6.59. The molecule has 6 heteroatoms. The first kappa shape index (κ1) is 18.4. The monoisotopic (exact) mass is 363 g/mol. The van der Waals surface area contributed by atoms with E-state index in [-0.39, 0.29) is 23.3 Å². The van der Waals surface area contributed by atoms with E-state index in [1.807, 2.05) is 63.2 Å². The van der Waals surface area contributed by atoms with Crippen molar-refractivity contribution in [2.45, 2.75) is 26.8 Å². The number of hydrogen-bond acceptors (Lipinski definition) is 3. The van der Waals surface area contributed by atoms with Crippen LogP contribution in [0.3, 0.4) is 0 Å². The van der Waals surface area contributed by atoms with Crippen molar-refractivity contribution in [2.75, 3.05) is 4.90 Å². The number of carboxylic acid groups (broad SMARTS) is 1. The zero-order chi connectivity index (χ0) is 19.6. The zero-order valence-electron chi connectivity index (χ0n) is 15.5. The molecule has 0 aliphatic carbocycles.